The highest BCUT2D eigenvalue weighted by Gasteiger charge is 2.24. The zero-order valence-electron chi connectivity index (χ0n) is 10.7. The number of likely N-dealkylation sites (tertiary alicyclic amines) is 1. The minimum absolute atomic E-state index is 0.740. The van der Waals surface area contributed by atoms with E-state index in [9.17, 15) is 0 Å². The second-order valence-electron chi connectivity index (χ2n) is 5.29. The van der Waals surface area contributed by atoms with Crippen LogP contribution >= 0.6 is 0 Å². The largest absolute Gasteiger partial charge is 0.294 e. The number of hydrogen-bond acceptors (Lipinski definition) is 1. The van der Waals surface area contributed by atoms with Crippen molar-refractivity contribution in [3.63, 3.8) is 0 Å². The van der Waals surface area contributed by atoms with Gasteiger partial charge in [0.2, 0.25) is 0 Å². The van der Waals surface area contributed by atoms with Crippen LogP contribution in [-0.4, -0.2) is 17.0 Å². The first-order valence-corrected chi connectivity index (χ1v) is 6.48. The van der Waals surface area contributed by atoms with Crippen molar-refractivity contribution in [2.75, 3.05) is 0 Å². The van der Waals surface area contributed by atoms with E-state index in [1.165, 1.54) is 30.4 Å². The van der Waals surface area contributed by atoms with Gasteiger partial charge in [-0.2, -0.15) is 0 Å². The summed E-state index contributed by atoms with van der Waals surface area (Å²) in [6, 6.07) is 10.4. The molecule has 88 valence electrons. The van der Waals surface area contributed by atoms with Crippen LogP contribution in [0.25, 0.3) is 0 Å². The third-order valence-corrected chi connectivity index (χ3v) is 3.82. The summed E-state index contributed by atoms with van der Waals surface area (Å²) in [7, 11) is 0. The molecule has 2 unspecified atom stereocenters. The van der Waals surface area contributed by atoms with Crippen molar-refractivity contribution < 1.29 is 0 Å². The molecule has 0 spiro atoms. The van der Waals surface area contributed by atoms with E-state index in [0.717, 1.165) is 18.6 Å². The summed E-state index contributed by atoms with van der Waals surface area (Å²) in [6.07, 6.45) is 4.11. The zero-order valence-corrected chi connectivity index (χ0v) is 10.7. The molecular weight excluding hydrogens is 194 g/mol. The molecule has 1 aliphatic rings. The second kappa shape index (κ2) is 5.01. The second-order valence-corrected chi connectivity index (χ2v) is 5.29. The molecule has 1 saturated heterocycles. The van der Waals surface area contributed by atoms with E-state index in [2.05, 4.69) is 49.9 Å². The lowest BCUT2D eigenvalue weighted by Gasteiger charge is -2.39. The summed E-state index contributed by atoms with van der Waals surface area (Å²) >= 11 is 0. The molecule has 0 N–H and O–H groups in total. The first-order chi connectivity index (χ1) is 7.66. The maximum atomic E-state index is 2.65. The Morgan fingerprint density at radius 1 is 1.19 bits per heavy atom. The Morgan fingerprint density at radius 3 is 2.50 bits per heavy atom. The Balaban J connectivity index is 2.07. The third kappa shape index (κ3) is 2.65. The molecule has 1 aromatic rings. The molecule has 0 bridgehead atoms. The van der Waals surface area contributed by atoms with Crippen molar-refractivity contribution in [1.29, 1.82) is 0 Å². The summed E-state index contributed by atoms with van der Waals surface area (Å²) in [5.41, 5.74) is 2.83. The lowest BCUT2D eigenvalue weighted by atomic mass is 9.96. The van der Waals surface area contributed by atoms with Crippen LogP contribution < -0.4 is 0 Å². The summed E-state index contributed by atoms with van der Waals surface area (Å²) in [6.45, 7) is 8.02. The van der Waals surface area contributed by atoms with Crippen LogP contribution in [-0.2, 0) is 6.54 Å². The third-order valence-electron chi connectivity index (χ3n) is 3.82. The van der Waals surface area contributed by atoms with Gasteiger partial charge < -0.3 is 0 Å². The molecule has 0 aromatic heterocycles. The minimum atomic E-state index is 0.740. The number of benzene rings is 1. The van der Waals surface area contributed by atoms with Crippen molar-refractivity contribution in [3.05, 3.63) is 35.4 Å². The van der Waals surface area contributed by atoms with E-state index in [0.29, 0.717) is 0 Å². The van der Waals surface area contributed by atoms with Crippen molar-refractivity contribution in [2.45, 2.75) is 58.7 Å². The molecular formula is C15H23N. The van der Waals surface area contributed by atoms with E-state index < -0.39 is 0 Å². The van der Waals surface area contributed by atoms with Gasteiger partial charge in [-0.05, 0) is 39.2 Å². The summed E-state index contributed by atoms with van der Waals surface area (Å²) in [5, 5.41) is 0. The predicted molar refractivity (Wildman–Crippen MR) is 69.5 cm³/mol. The number of hydrogen-bond donors (Lipinski definition) is 0. The smallest absolute Gasteiger partial charge is 0.0239 e. The molecule has 0 aliphatic carbocycles. The van der Waals surface area contributed by atoms with E-state index in [1.807, 2.05) is 0 Å². The van der Waals surface area contributed by atoms with E-state index >= 15 is 0 Å². The maximum absolute atomic E-state index is 2.65. The van der Waals surface area contributed by atoms with Gasteiger partial charge in [0, 0.05) is 18.6 Å². The van der Waals surface area contributed by atoms with Gasteiger partial charge in [-0.25, -0.2) is 0 Å². The molecule has 1 nitrogen and oxygen atoms in total. The summed E-state index contributed by atoms with van der Waals surface area (Å²) in [5.74, 6) is 0. The quantitative estimate of drug-likeness (QED) is 0.729. The van der Waals surface area contributed by atoms with Crippen LogP contribution in [0.15, 0.2) is 24.3 Å². The number of piperidine rings is 1. The standard InChI is InChI=1S/C15H23N/c1-12-6-4-9-15(10-12)11-16-13(2)7-5-8-14(16)3/h4,6,9-10,13-14H,5,7-8,11H2,1-3H3. The Labute approximate surface area is 99.5 Å². The number of aryl methyl sites for hydroxylation is 1. The number of nitrogens with zero attached hydrogens (tertiary/aromatic N) is 1. The minimum Gasteiger partial charge on any atom is -0.294 e. The van der Waals surface area contributed by atoms with Crippen LogP contribution in [0.3, 0.4) is 0 Å². The van der Waals surface area contributed by atoms with Gasteiger partial charge in [0.1, 0.15) is 0 Å². The van der Waals surface area contributed by atoms with Gasteiger partial charge in [-0.15, -0.1) is 0 Å². The van der Waals surface area contributed by atoms with Crippen molar-refractivity contribution in [3.8, 4) is 0 Å². The van der Waals surface area contributed by atoms with Crippen LogP contribution in [0.2, 0.25) is 0 Å². The Bertz CT molecular complexity index is 335. The van der Waals surface area contributed by atoms with Gasteiger partial charge in [0.15, 0.2) is 0 Å². The van der Waals surface area contributed by atoms with Gasteiger partial charge in [0.05, 0.1) is 0 Å². The number of rotatable bonds is 2. The molecule has 1 heteroatoms. The van der Waals surface area contributed by atoms with Gasteiger partial charge in [0.25, 0.3) is 0 Å². The SMILES string of the molecule is Cc1cccc(CN2C(C)CCCC2C)c1. The molecule has 2 rings (SSSR count). The van der Waals surface area contributed by atoms with E-state index in [-0.39, 0.29) is 0 Å². The fourth-order valence-corrected chi connectivity index (χ4v) is 2.81. The Hall–Kier alpha value is -0.820. The highest BCUT2D eigenvalue weighted by atomic mass is 15.2. The summed E-state index contributed by atoms with van der Waals surface area (Å²) in [4.78, 5) is 2.65. The molecule has 0 radical (unpaired) electrons. The van der Waals surface area contributed by atoms with Crippen LogP contribution in [0.5, 0.6) is 0 Å². The van der Waals surface area contributed by atoms with Crippen molar-refractivity contribution in [2.24, 2.45) is 0 Å². The zero-order chi connectivity index (χ0) is 11.5. The molecule has 1 fully saturated rings. The van der Waals surface area contributed by atoms with Crippen molar-refractivity contribution >= 4 is 0 Å². The lowest BCUT2D eigenvalue weighted by molar-refractivity contribution is 0.0952. The van der Waals surface area contributed by atoms with Gasteiger partial charge in [-0.1, -0.05) is 36.2 Å². The van der Waals surface area contributed by atoms with E-state index in [1.54, 1.807) is 0 Å². The molecule has 1 heterocycles. The lowest BCUT2D eigenvalue weighted by Crippen LogP contribution is -2.42. The fourth-order valence-electron chi connectivity index (χ4n) is 2.81. The molecule has 0 saturated carbocycles. The molecule has 0 amide bonds. The first kappa shape index (κ1) is 11.7. The topological polar surface area (TPSA) is 3.24 Å². The highest BCUT2D eigenvalue weighted by Crippen LogP contribution is 2.24. The molecule has 1 aliphatic heterocycles. The van der Waals surface area contributed by atoms with Crippen LogP contribution in [0, 0.1) is 6.92 Å². The van der Waals surface area contributed by atoms with Gasteiger partial charge in [-0.3, -0.25) is 4.90 Å². The highest BCUT2D eigenvalue weighted by molar-refractivity contribution is 5.22. The predicted octanol–water partition coefficient (Wildman–Crippen LogP) is 3.76. The average Bonchev–Trinajstić information content (AvgIpc) is 2.24. The monoisotopic (exact) mass is 217 g/mol. The van der Waals surface area contributed by atoms with Crippen LogP contribution in [0.4, 0.5) is 0 Å². The summed E-state index contributed by atoms with van der Waals surface area (Å²) < 4.78 is 0. The molecule has 16 heavy (non-hydrogen) atoms. The maximum Gasteiger partial charge on any atom is 0.0239 e. The Morgan fingerprint density at radius 2 is 1.88 bits per heavy atom. The average molecular weight is 217 g/mol. The molecule has 2 atom stereocenters. The Kier molecular flexibility index (Phi) is 3.65. The normalized spacial score (nSPS) is 26.9. The van der Waals surface area contributed by atoms with Crippen LogP contribution in [0.1, 0.15) is 44.2 Å². The van der Waals surface area contributed by atoms with Gasteiger partial charge >= 0.3 is 0 Å². The van der Waals surface area contributed by atoms with E-state index in [4.69, 9.17) is 0 Å². The molecule has 1 aromatic carbocycles. The fraction of sp³-hybridized carbons (Fsp3) is 0.600. The first-order valence-electron chi connectivity index (χ1n) is 6.48. The van der Waals surface area contributed by atoms with Crippen molar-refractivity contribution in [1.82, 2.24) is 4.90 Å².